The van der Waals surface area contributed by atoms with Crippen LogP contribution < -0.4 is 10.3 Å². The fourth-order valence-electron chi connectivity index (χ4n) is 1.13. The molecule has 70 valence electrons. The molecule has 3 nitrogen and oxygen atoms in total. The van der Waals surface area contributed by atoms with Crippen LogP contribution in [0.1, 0.15) is 12.0 Å². The van der Waals surface area contributed by atoms with Gasteiger partial charge in [-0.25, -0.2) is 4.57 Å². The van der Waals surface area contributed by atoms with E-state index >= 15 is 0 Å². The van der Waals surface area contributed by atoms with E-state index in [2.05, 4.69) is 0 Å². The molecule has 0 bridgehead atoms. The SMILES string of the molecule is NCCCc1ccccc1OP=O. The van der Waals surface area contributed by atoms with Crippen molar-refractivity contribution in [2.45, 2.75) is 12.8 Å². The fourth-order valence-corrected chi connectivity index (χ4v) is 1.39. The van der Waals surface area contributed by atoms with Gasteiger partial charge >= 0.3 is 8.69 Å². The first-order valence-electron chi connectivity index (χ1n) is 4.16. The normalized spacial score (nSPS) is 10.2. The van der Waals surface area contributed by atoms with E-state index < -0.39 is 0 Å². The van der Waals surface area contributed by atoms with Crippen LogP contribution in [0.4, 0.5) is 0 Å². The van der Waals surface area contributed by atoms with Crippen LogP contribution in [0.25, 0.3) is 0 Å². The average Bonchev–Trinajstić information content (AvgIpc) is 2.17. The minimum atomic E-state index is -0.312. The Labute approximate surface area is 79.2 Å². The minimum Gasteiger partial charge on any atom is -0.407 e. The molecule has 4 heteroatoms. The van der Waals surface area contributed by atoms with Gasteiger partial charge in [-0.15, -0.1) is 0 Å². The lowest BCUT2D eigenvalue weighted by molar-refractivity contribution is 0.521. The monoisotopic (exact) mass is 197 g/mol. The van der Waals surface area contributed by atoms with Crippen LogP contribution in [0.15, 0.2) is 24.3 Å². The van der Waals surface area contributed by atoms with Gasteiger partial charge in [0.05, 0.1) is 0 Å². The Morgan fingerprint density at radius 2 is 2.15 bits per heavy atom. The Morgan fingerprint density at radius 1 is 1.38 bits per heavy atom. The summed E-state index contributed by atoms with van der Waals surface area (Å²) in [6.45, 7) is 0.656. The van der Waals surface area contributed by atoms with E-state index in [4.69, 9.17) is 10.3 Å². The Morgan fingerprint density at radius 3 is 2.85 bits per heavy atom. The highest BCUT2D eigenvalue weighted by molar-refractivity contribution is 7.17. The molecule has 13 heavy (non-hydrogen) atoms. The smallest absolute Gasteiger partial charge is 0.395 e. The van der Waals surface area contributed by atoms with Crippen LogP contribution in [0.2, 0.25) is 0 Å². The van der Waals surface area contributed by atoms with E-state index in [9.17, 15) is 4.57 Å². The molecule has 0 amide bonds. The van der Waals surface area contributed by atoms with Crippen LogP contribution >= 0.6 is 8.69 Å². The Hall–Kier alpha value is -0.920. The topological polar surface area (TPSA) is 52.3 Å². The van der Waals surface area contributed by atoms with Gasteiger partial charge in [-0.05, 0) is 31.0 Å². The van der Waals surface area contributed by atoms with Crippen molar-refractivity contribution in [2.24, 2.45) is 5.73 Å². The Bertz CT molecular complexity index is 278. The lowest BCUT2D eigenvalue weighted by Gasteiger charge is -2.04. The molecule has 0 heterocycles. The van der Waals surface area contributed by atoms with Gasteiger partial charge in [-0.3, -0.25) is 0 Å². The van der Waals surface area contributed by atoms with Crippen molar-refractivity contribution in [3.8, 4) is 5.75 Å². The number of para-hydroxylation sites is 1. The summed E-state index contributed by atoms with van der Waals surface area (Å²) in [5.74, 6) is 0.674. The molecular formula is C9H12NO2P. The maximum atomic E-state index is 10.3. The highest BCUT2D eigenvalue weighted by atomic mass is 31.1. The number of nitrogens with two attached hydrogens (primary N) is 1. The van der Waals surface area contributed by atoms with Gasteiger partial charge < -0.3 is 10.3 Å². The predicted molar refractivity (Wildman–Crippen MR) is 52.1 cm³/mol. The van der Waals surface area contributed by atoms with E-state index in [1.165, 1.54) is 0 Å². The lowest BCUT2D eigenvalue weighted by atomic mass is 10.1. The van der Waals surface area contributed by atoms with Gasteiger partial charge in [0.15, 0.2) is 0 Å². The van der Waals surface area contributed by atoms with E-state index in [0.29, 0.717) is 12.3 Å². The summed E-state index contributed by atoms with van der Waals surface area (Å²) in [5.41, 5.74) is 6.45. The van der Waals surface area contributed by atoms with Gasteiger partial charge in [0, 0.05) is 0 Å². The van der Waals surface area contributed by atoms with Crippen LogP contribution in [-0.4, -0.2) is 6.54 Å². The molecule has 0 unspecified atom stereocenters. The summed E-state index contributed by atoms with van der Waals surface area (Å²) in [7, 11) is -0.312. The third-order valence-electron chi connectivity index (χ3n) is 1.76. The van der Waals surface area contributed by atoms with Gasteiger partial charge in [-0.2, -0.15) is 0 Å². The van der Waals surface area contributed by atoms with Crippen molar-refractivity contribution < 1.29 is 9.09 Å². The third kappa shape index (κ3) is 3.13. The van der Waals surface area contributed by atoms with E-state index in [0.717, 1.165) is 18.4 Å². The van der Waals surface area contributed by atoms with Crippen LogP contribution in [0.5, 0.6) is 5.75 Å². The summed E-state index contributed by atoms with van der Waals surface area (Å²) in [6.07, 6.45) is 1.78. The molecule has 0 saturated heterocycles. The summed E-state index contributed by atoms with van der Waals surface area (Å²) in [6, 6.07) is 7.54. The maximum absolute atomic E-state index is 10.3. The molecule has 1 aromatic carbocycles. The molecule has 2 N–H and O–H groups in total. The van der Waals surface area contributed by atoms with Crippen LogP contribution in [-0.2, 0) is 11.0 Å². The van der Waals surface area contributed by atoms with Gasteiger partial charge in [0.2, 0.25) is 0 Å². The summed E-state index contributed by atoms with van der Waals surface area (Å²) in [5, 5.41) is 0. The van der Waals surface area contributed by atoms with Crippen molar-refractivity contribution in [1.29, 1.82) is 0 Å². The number of benzene rings is 1. The van der Waals surface area contributed by atoms with Gasteiger partial charge in [0.25, 0.3) is 0 Å². The van der Waals surface area contributed by atoms with Crippen molar-refractivity contribution in [3.05, 3.63) is 29.8 Å². The summed E-state index contributed by atoms with van der Waals surface area (Å²) >= 11 is 0. The van der Waals surface area contributed by atoms with Crippen molar-refractivity contribution in [1.82, 2.24) is 0 Å². The van der Waals surface area contributed by atoms with Crippen molar-refractivity contribution >= 4 is 8.69 Å². The summed E-state index contributed by atoms with van der Waals surface area (Å²) in [4.78, 5) is 0. The first-order chi connectivity index (χ1) is 6.38. The number of aryl methyl sites for hydroxylation is 1. The lowest BCUT2D eigenvalue weighted by Crippen LogP contribution is -2.00. The second-order valence-electron chi connectivity index (χ2n) is 2.67. The third-order valence-corrected chi connectivity index (χ3v) is 2.03. The molecule has 0 atom stereocenters. The minimum absolute atomic E-state index is 0.312. The summed E-state index contributed by atoms with van der Waals surface area (Å²) < 4.78 is 15.2. The van der Waals surface area contributed by atoms with Crippen molar-refractivity contribution in [2.75, 3.05) is 6.54 Å². The van der Waals surface area contributed by atoms with Crippen LogP contribution in [0, 0.1) is 0 Å². The molecule has 0 aliphatic carbocycles. The maximum Gasteiger partial charge on any atom is 0.395 e. The molecule has 0 aliphatic rings. The molecule has 1 aromatic rings. The highest BCUT2D eigenvalue weighted by Gasteiger charge is 2.01. The number of hydrogen-bond donors (Lipinski definition) is 1. The number of rotatable bonds is 5. The zero-order chi connectivity index (χ0) is 9.52. The first kappa shape index (κ1) is 10.2. The largest absolute Gasteiger partial charge is 0.407 e. The second-order valence-corrected chi connectivity index (χ2v) is 3.00. The average molecular weight is 197 g/mol. The molecule has 0 aromatic heterocycles. The molecule has 0 aliphatic heterocycles. The van der Waals surface area contributed by atoms with Gasteiger partial charge in [-0.1, -0.05) is 18.2 Å². The first-order valence-corrected chi connectivity index (χ1v) is 4.89. The van der Waals surface area contributed by atoms with Crippen LogP contribution in [0.3, 0.4) is 0 Å². The highest BCUT2D eigenvalue weighted by Crippen LogP contribution is 2.22. The van der Waals surface area contributed by atoms with Crippen molar-refractivity contribution in [3.63, 3.8) is 0 Å². The molecule has 1 rings (SSSR count). The second kappa shape index (κ2) is 5.68. The predicted octanol–water partition coefficient (Wildman–Crippen LogP) is 2.16. The van der Waals surface area contributed by atoms with E-state index in [1.54, 1.807) is 6.07 Å². The molecule has 0 saturated carbocycles. The zero-order valence-electron chi connectivity index (χ0n) is 7.27. The van der Waals surface area contributed by atoms with E-state index in [-0.39, 0.29) is 8.69 Å². The Balaban J connectivity index is 2.71. The van der Waals surface area contributed by atoms with Gasteiger partial charge in [0.1, 0.15) is 5.75 Å². The zero-order valence-corrected chi connectivity index (χ0v) is 8.17. The fraction of sp³-hybridized carbons (Fsp3) is 0.333. The number of hydrogen-bond acceptors (Lipinski definition) is 3. The molecule has 0 radical (unpaired) electrons. The quantitative estimate of drug-likeness (QED) is 0.736. The molecular weight excluding hydrogens is 185 g/mol. The standard InChI is InChI=1S/C9H12NO2P/c10-7-3-5-8-4-1-2-6-9(8)12-13-11/h1-2,4,6H,3,5,7,10H2. The molecule has 0 spiro atoms. The van der Waals surface area contributed by atoms with E-state index in [1.807, 2.05) is 18.2 Å². The molecule has 0 fully saturated rings. The Kier molecular flexibility index (Phi) is 4.44.